The van der Waals surface area contributed by atoms with Crippen LogP contribution in [0.4, 0.5) is 4.39 Å². The molecule has 0 aliphatic heterocycles. The fourth-order valence-corrected chi connectivity index (χ4v) is 1.56. The van der Waals surface area contributed by atoms with Crippen molar-refractivity contribution in [2.75, 3.05) is 6.54 Å². The maximum atomic E-state index is 13.4. The molecule has 0 amide bonds. The van der Waals surface area contributed by atoms with Crippen molar-refractivity contribution >= 4 is 5.84 Å². The molecule has 0 fully saturated rings. The van der Waals surface area contributed by atoms with Crippen molar-refractivity contribution in [3.8, 4) is 0 Å². The van der Waals surface area contributed by atoms with E-state index >= 15 is 0 Å². The van der Waals surface area contributed by atoms with Gasteiger partial charge in [-0.25, -0.2) is 4.39 Å². The van der Waals surface area contributed by atoms with Gasteiger partial charge in [-0.1, -0.05) is 19.0 Å². The Morgan fingerprint density at radius 2 is 2.11 bits per heavy atom. The zero-order chi connectivity index (χ0) is 14.4. The summed E-state index contributed by atoms with van der Waals surface area (Å²) in [5.41, 5.74) is 6.41. The minimum Gasteiger partial charge on any atom is -0.409 e. The quantitative estimate of drug-likeness (QED) is 0.269. The molecule has 1 aromatic rings. The van der Waals surface area contributed by atoms with Crippen LogP contribution in [0.5, 0.6) is 0 Å². The third-order valence-corrected chi connectivity index (χ3v) is 2.81. The first-order valence-electron chi connectivity index (χ1n) is 6.10. The van der Waals surface area contributed by atoms with Gasteiger partial charge in [0.1, 0.15) is 5.82 Å². The number of hydrogen-bond acceptors (Lipinski definition) is 4. The highest BCUT2D eigenvalue weighted by atomic mass is 19.1. The molecule has 5 nitrogen and oxygen atoms in total. The summed E-state index contributed by atoms with van der Waals surface area (Å²) in [5, 5.41) is 24.1. The molecule has 0 aliphatic carbocycles. The van der Waals surface area contributed by atoms with E-state index < -0.39 is 11.9 Å². The van der Waals surface area contributed by atoms with E-state index in [0.29, 0.717) is 24.2 Å². The summed E-state index contributed by atoms with van der Waals surface area (Å²) in [7, 11) is 0. The average Bonchev–Trinajstić information content (AvgIpc) is 2.36. The van der Waals surface area contributed by atoms with Crippen molar-refractivity contribution in [2.24, 2.45) is 16.8 Å². The third-order valence-electron chi connectivity index (χ3n) is 2.81. The van der Waals surface area contributed by atoms with E-state index in [1.54, 1.807) is 6.07 Å². The minimum absolute atomic E-state index is 0.136. The van der Waals surface area contributed by atoms with Crippen LogP contribution in [-0.4, -0.2) is 28.8 Å². The van der Waals surface area contributed by atoms with E-state index in [1.807, 2.05) is 13.8 Å². The number of halogens is 1. The number of amidine groups is 1. The number of nitrogens with zero attached hydrogens (tertiary/aromatic N) is 1. The Kier molecular flexibility index (Phi) is 5.72. The van der Waals surface area contributed by atoms with Gasteiger partial charge in [0, 0.05) is 18.7 Å². The average molecular weight is 269 g/mol. The van der Waals surface area contributed by atoms with Gasteiger partial charge in [0.05, 0.1) is 6.10 Å². The number of oxime groups is 1. The Hall–Kier alpha value is -1.66. The maximum absolute atomic E-state index is 13.4. The molecule has 1 aromatic carbocycles. The summed E-state index contributed by atoms with van der Waals surface area (Å²) < 4.78 is 13.4. The molecular weight excluding hydrogens is 249 g/mol. The minimum atomic E-state index is -0.453. The highest BCUT2D eigenvalue weighted by Crippen LogP contribution is 2.09. The van der Waals surface area contributed by atoms with E-state index in [2.05, 4.69) is 10.5 Å². The van der Waals surface area contributed by atoms with E-state index in [0.717, 1.165) is 0 Å². The Morgan fingerprint density at radius 1 is 1.42 bits per heavy atom. The Balaban J connectivity index is 2.66. The maximum Gasteiger partial charge on any atom is 0.170 e. The number of nitrogens with one attached hydrogen (secondary N) is 1. The van der Waals surface area contributed by atoms with Crippen LogP contribution < -0.4 is 11.1 Å². The molecule has 0 spiro atoms. The number of hydrogen-bond donors (Lipinski definition) is 4. The van der Waals surface area contributed by atoms with Gasteiger partial charge in [0.2, 0.25) is 0 Å². The van der Waals surface area contributed by atoms with E-state index in [4.69, 9.17) is 10.9 Å². The molecule has 5 N–H and O–H groups in total. The lowest BCUT2D eigenvalue weighted by Gasteiger charge is -2.15. The van der Waals surface area contributed by atoms with Gasteiger partial charge >= 0.3 is 0 Å². The smallest absolute Gasteiger partial charge is 0.170 e. The Morgan fingerprint density at radius 3 is 2.68 bits per heavy atom. The predicted molar refractivity (Wildman–Crippen MR) is 71.5 cm³/mol. The van der Waals surface area contributed by atoms with Crippen molar-refractivity contribution in [1.29, 1.82) is 0 Å². The second-order valence-electron chi connectivity index (χ2n) is 4.78. The van der Waals surface area contributed by atoms with Crippen molar-refractivity contribution in [3.05, 3.63) is 35.1 Å². The summed E-state index contributed by atoms with van der Waals surface area (Å²) in [6, 6.07) is 4.19. The number of rotatable bonds is 6. The molecule has 1 rings (SSSR count). The molecule has 0 heterocycles. The normalized spacial score (nSPS) is 13.8. The summed E-state index contributed by atoms with van der Waals surface area (Å²) >= 11 is 0. The molecule has 0 radical (unpaired) electrons. The molecule has 1 atom stereocenters. The zero-order valence-corrected chi connectivity index (χ0v) is 11.1. The molecule has 0 aromatic heterocycles. The predicted octanol–water partition coefficient (Wildman–Crippen LogP) is 1.03. The molecule has 6 heteroatoms. The first-order valence-corrected chi connectivity index (χ1v) is 6.10. The van der Waals surface area contributed by atoms with Crippen molar-refractivity contribution in [1.82, 2.24) is 5.32 Å². The second kappa shape index (κ2) is 7.06. The van der Waals surface area contributed by atoms with Crippen LogP contribution in [0.2, 0.25) is 0 Å². The van der Waals surface area contributed by atoms with Crippen molar-refractivity contribution < 1.29 is 14.7 Å². The SMILES string of the molecule is CC(C)C(O)CNCc1cc(F)cc(/C(N)=N/O)c1. The fraction of sp³-hybridized carbons (Fsp3) is 0.462. The summed E-state index contributed by atoms with van der Waals surface area (Å²) in [4.78, 5) is 0. The molecule has 19 heavy (non-hydrogen) atoms. The summed E-state index contributed by atoms with van der Waals surface area (Å²) in [6.07, 6.45) is -0.447. The lowest BCUT2D eigenvalue weighted by atomic mass is 10.1. The van der Waals surface area contributed by atoms with Crippen LogP contribution in [0.25, 0.3) is 0 Å². The largest absolute Gasteiger partial charge is 0.409 e. The molecule has 0 aliphatic rings. The van der Waals surface area contributed by atoms with Gasteiger partial charge in [-0.05, 0) is 29.7 Å². The number of nitrogens with two attached hydrogens (primary N) is 1. The van der Waals surface area contributed by atoms with Crippen LogP contribution in [-0.2, 0) is 6.54 Å². The van der Waals surface area contributed by atoms with Gasteiger partial charge in [-0.15, -0.1) is 0 Å². The monoisotopic (exact) mass is 269 g/mol. The number of aliphatic hydroxyl groups is 1. The molecule has 0 saturated heterocycles. The standard InChI is InChI=1S/C13H20FN3O2/c1-8(2)12(18)7-16-6-9-3-10(13(15)17-19)5-11(14)4-9/h3-5,8,12,16,18-19H,6-7H2,1-2H3,(H2,15,17). The van der Waals surface area contributed by atoms with Crippen LogP contribution in [0.1, 0.15) is 25.0 Å². The first kappa shape index (κ1) is 15.4. The molecule has 1 unspecified atom stereocenters. The molecular formula is C13H20FN3O2. The van der Waals surface area contributed by atoms with Gasteiger partial charge < -0.3 is 21.4 Å². The van der Waals surface area contributed by atoms with Gasteiger partial charge in [-0.2, -0.15) is 0 Å². The van der Waals surface area contributed by atoms with Gasteiger partial charge in [0.15, 0.2) is 5.84 Å². The highest BCUT2D eigenvalue weighted by molar-refractivity contribution is 5.97. The van der Waals surface area contributed by atoms with Crippen molar-refractivity contribution in [3.63, 3.8) is 0 Å². The molecule has 0 saturated carbocycles. The zero-order valence-electron chi connectivity index (χ0n) is 11.1. The molecule has 0 bridgehead atoms. The number of aliphatic hydroxyl groups excluding tert-OH is 1. The number of benzene rings is 1. The fourth-order valence-electron chi connectivity index (χ4n) is 1.56. The van der Waals surface area contributed by atoms with E-state index in [1.165, 1.54) is 12.1 Å². The van der Waals surface area contributed by atoms with Crippen LogP contribution in [0.3, 0.4) is 0 Å². The highest BCUT2D eigenvalue weighted by Gasteiger charge is 2.09. The summed E-state index contributed by atoms with van der Waals surface area (Å²) in [5.74, 6) is -0.430. The third kappa shape index (κ3) is 4.84. The van der Waals surface area contributed by atoms with Crippen LogP contribution in [0, 0.1) is 11.7 Å². The molecule has 106 valence electrons. The topological polar surface area (TPSA) is 90.9 Å². The first-order chi connectivity index (χ1) is 8.93. The Bertz CT molecular complexity index is 450. The lowest BCUT2D eigenvalue weighted by Crippen LogP contribution is -2.30. The van der Waals surface area contributed by atoms with Gasteiger partial charge in [0.25, 0.3) is 0 Å². The van der Waals surface area contributed by atoms with E-state index in [9.17, 15) is 9.50 Å². The summed E-state index contributed by atoms with van der Waals surface area (Å²) in [6.45, 7) is 4.66. The van der Waals surface area contributed by atoms with Crippen molar-refractivity contribution in [2.45, 2.75) is 26.5 Å². The van der Waals surface area contributed by atoms with E-state index in [-0.39, 0.29) is 11.8 Å². The Labute approximate surface area is 111 Å². The van der Waals surface area contributed by atoms with Crippen LogP contribution >= 0.6 is 0 Å². The second-order valence-corrected chi connectivity index (χ2v) is 4.78. The lowest BCUT2D eigenvalue weighted by molar-refractivity contribution is 0.123. The van der Waals surface area contributed by atoms with Gasteiger partial charge in [-0.3, -0.25) is 0 Å². The van der Waals surface area contributed by atoms with Crippen LogP contribution in [0.15, 0.2) is 23.4 Å².